The number of hydrogen-bond donors (Lipinski definition) is 2. The van der Waals surface area contributed by atoms with Crippen molar-refractivity contribution in [3.63, 3.8) is 0 Å². The summed E-state index contributed by atoms with van der Waals surface area (Å²) < 4.78 is 11.9. The van der Waals surface area contributed by atoms with Crippen LogP contribution in [0.2, 0.25) is 0 Å². The van der Waals surface area contributed by atoms with Gasteiger partial charge in [-0.05, 0) is 36.5 Å². The van der Waals surface area contributed by atoms with Gasteiger partial charge in [0, 0.05) is 24.2 Å². The van der Waals surface area contributed by atoms with E-state index < -0.39 is 10.8 Å². The number of rotatable bonds is 11. The van der Waals surface area contributed by atoms with E-state index >= 15 is 0 Å². The second kappa shape index (κ2) is 11.9. The molecule has 0 bridgehead atoms. The summed E-state index contributed by atoms with van der Waals surface area (Å²) in [5, 5.41) is 11.9. The molecule has 1 amide bonds. The van der Waals surface area contributed by atoms with Gasteiger partial charge in [-0.25, -0.2) is 4.98 Å². The molecule has 1 aromatic carbocycles. The van der Waals surface area contributed by atoms with E-state index in [0.717, 1.165) is 41.7 Å². The lowest BCUT2D eigenvalue weighted by Gasteiger charge is -2.22. The van der Waals surface area contributed by atoms with Crippen LogP contribution in [0.1, 0.15) is 62.3 Å². The predicted molar refractivity (Wildman–Crippen MR) is 121 cm³/mol. The molecule has 2 rings (SSSR count). The van der Waals surface area contributed by atoms with Crippen LogP contribution in [0.15, 0.2) is 35.5 Å². The van der Waals surface area contributed by atoms with Crippen LogP contribution in [-0.2, 0) is 22.0 Å². The summed E-state index contributed by atoms with van der Waals surface area (Å²) in [5.41, 5.74) is 2.53. The molecule has 3 unspecified atom stereocenters. The molecule has 30 heavy (non-hydrogen) atoms. The number of aliphatic hydroxyl groups is 1. The Morgan fingerprint density at radius 2 is 2.03 bits per heavy atom. The Bertz CT molecular complexity index is 855. The largest absolute Gasteiger partial charge is 0.396 e. The molecule has 0 saturated carbocycles. The number of amides is 1. The van der Waals surface area contributed by atoms with Crippen molar-refractivity contribution in [2.45, 2.75) is 63.7 Å². The highest BCUT2D eigenvalue weighted by Gasteiger charge is 2.24. The highest BCUT2D eigenvalue weighted by atomic mass is 32.2. The molecule has 6 nitrogen and oxygen atoms in total. The average molecular weight is 432 g/mol. The molecule has 0 radical (unpaired) electrons. The van der Waals surface area contributed by atoms with Crippen molar-refractivity contribution in [2.75, 3.05) is 18.2 Å². The summed E-state index contributed by atoms with van der Waals surface area (Å²) in [6, 6.07) is 5.75. The highest BCUT2D eigenvalue weighted by molar-refractivity contribution is 7.84. The molecular formula is C23H33N3O3S. The highest BCUT2D eigenvalue weighted by Crippen LogP contribution is 2.29. The van der Waals surface area contributed by atoms with E-state index in [-0.39, 0.29) is 18.4 Å². The second-order valence-electron chi connectivity index (χ2n) is 7.87. The number of unbranched alkanes of at least 4 members (excludes halogenated alkanes) is 1. The quantitative estimate of drug-likeness (QED) is 0.561. The van der Waals surface area contributed by atoms with E-state index in [0.29, 0.717) is 23.9 Å². The van der Waals surface area contributed by atoms with Crippen molar-refractivity contribution in [3.8, 4) is 0 Å². The maximum absolute atomic E-state index is 13.2. The van der Waals surface area contributed by atoms with Crippen LogP contribution in [0.4, 0.5) is 5.82 Å². The van der Waals surface area contributed by atoms with Gasteiger partial charge in [-0.2, -0.15) is 0 Å². The predicted octanol–water partition coefficient (Wildman–Crippen LogP) is 4.00. The lowest BCUT2D eigenvalue weighted by molar-refractivity contribution is -0.118. The van der Waals surface area contributed by atoms with Gasteiger partial charge >= 0.3 is 0 Å². The first-order chi connectivity index (χ1) is 14.3. The fourth-order valence-corrected chi connectivity index (χ4v) is 4.33. The molecule has 3 atom stereocenters. The van der Waals surface area contributed by atoms with E-state index in [1.165, 1.54) is 6.20 Å². The molecule has 2 N–H and O–H groups in total. The zero-order valence-corrected chi connectivity index (χ0v) is 19.2. The first-order valence-corrected chi connectivity index (χ1v) is 12.1. The number of nitrogens with zero attached hydrogens (tertiary/aromatic N) is 2. The normalized spacial score (nSPS) is 14.2. The number of hydrogen-bond acceptors (Lipinski definition) is 5. The molecule has 7 heteroatoms. The van der Waals surface area contributed by atoms with E-state index in [1.54, 1.807) is 12.5 Å². The number of aliphatic hydroxyl groups excluding tert-OH is 1. The van der Waals surface area contributed by atoms with Gasteiger partial charge in [0.1, 0.15) is 0 Å². The number of carbonyl (C=O) groups excluding carboxylic acids is 1. The summed E-state index contributed by atoms with van der Waals surface area (Å²) >= 11 is 0. The third kappa shape index (κ3) is 6.99. The minimum absolute atomic E-state index is 0.00992. The standard InChI is InChI=1S/C23H33N3O3S/c1-5-6-7-16(2)12-20(18-8-9-21(30(4)29)17(3)13-18)23(28)26-22-15-24-19(10-11-27)14-25-22/h8-9,13-16,20,27H,5-7,10-12H2,1-4H3,(H,25,26,28). The topological polar surface area (TPSA) is 92.2 Å². The van der Waals surface area contributed by atoms with Crippen molar-refractivity contribution >= 4 is 22.5 Å². The van der Waals surface area contributed by atoms with E-state index in [2.05, 4.69) is 29.1 Å². The third-order valence-electron chi connectivity index (χ3n) is 5.24. The third-order valence-corrected chi connectivity index (χ3v) is 6.32. The molecule has 0 aliphatic heterocycles. The molecule has 0 spiro atoms. The van der Waals surface area contributed by atoms with Gasteiger partial charge in [-0.3, -0.25) is 14.0 Å². The van der Waals surface area contributed by atoms with Gasteiger partial charge in [0.25, 0.3) is 0 Å². The van der Waals surface area contributed by atoms with Crippen molar-refractivity contribution in [3.05, 3.63) is 47.4 Å². The number of aryl methyl sites for hydroxylation is 1. The summed E-state index contributed by atoms with van der Waals surface area (Å²) in [6.45, 7) is 6.29. The van der Waals surface area contributed by atoms with Crippen LogP contribution in [0.25, 0.3) is 0 Å². The average Bonchev–Trinajstić information content (AvgIpc) is 2.71. The number of carbonyl (C=O) groups is 1. The van der Waals surface area contributed by atoms with Crippen molar-refractivity contribution in [1.29, 1.82) is 0 Å². The zero-order valence-electron chi connectivity index (χ0n) is 18.4. The maximum atomic E-state index is 13.2. The Morgan fingerprint density at radius 3 is 2.60 bits per heavy atom. The lowest BCUT2D eigenvalue weighted by atomic mass is 9.86. The van der Waals surface area contributed by atoms with Gasteiger partial charge in [0.15, 0.2) is 5.82 Å². The number of anilines is 1. The number of benzene rings is 1. The molecule has 0 fully saturated rings. The van der Waals surface area contributed by atoms with Gasteiger partial charge in [0.05, 0.1) is 34.8 Å². The minimum Gasteiger partial charge on any atom is -0.396 e. The second-order valence-corrected chi connectivity index (χ2v) is 9.22. The molecule has 1 aromatic heterocycles. The molecule has 0 saturated heterocycles. The SMILES string of the molecule is CCCCC(C)CC(C(=O)Nc1cnc(CCO)cn1)c1ccc(S(C)=O)c(C)c1. The van der Waals surface area contributed by atoms with Crippen LogP contribution in [0.3, 0.4) is 0 Å². The molecule has 2 aromatic rings. The van der Waals surface area contributed by atoms with Crippen LogP contribution >= 0.6 is 0 Å². The first-order valence-electron chi connectivity index (χ1n) is 10.5. The Labute approximate surface area is 182 Å². The van der Waals surface area contributed by atoms with Crippen molar-refractivity contribution in [1.82, 2.24) is 9.97 Å². The first kappa shape index (κ1) is 24.2. The van der Waals surface area contributed by atoms with E-state index in [9.17, 15) is 9.00 Å². The van der Waals surface area contributed by atoms with Gasteiger partial charge in [-0.1, -0.05) is 45.2 Å². The molecule has 1 heterocycles. The Morgan fingerprint density at radius 1 is 1.27 bits per heavy atom. The molecule has 164 valence electrons. The van der Waals surface area contributed by atoms with Gasteiger partial charge in [-0.15, -0.1) is 0 Å². The van der Waals surface area contributed by atoms with Crippen LogP contribution in [-0.4, -0.2) is 38.1 Å². The summed E-state index contributed by atoms with van der Waals surface area (Å²) in [6.07, 6.45) is 9.27. The van der Waals surface area contributed by atoms with Crippen LogP contribution in [0.5, 0.6) is 0 Å². The number of nitrogens with one attached hydrogen (secondary N) is 1. The lowest BCUT2D eigenvalue weighted by Crippen LogP contribution is -2.24. The van der Waals surface area contributed by atoms with Crippen molar-refractivity contribution < 1.29 is 14.1 Å². The Balaban J connectivity index is 2.24. The van der Waals surface area contributed by atoms with Gasteiger partial charge in [0.2, 0.25) is 5.91 Å². The Hall–Kier alpha value is -2.12. The maximum Gasteiger partial charge on any atom is 0.233 e. The van der Waals surface area contributed by atoms with Crippen LogP contribution in [0, 0.1) is 12.8 Å². The van der Waals surface area contributed by atoms with Crippen molar-refractivity contribution in [2.24, 2.45) is 5.92 Å². The minimum atomic E-state index is -1.06. The summed E-state index contributed by atoms with van der Waals surface area (Å²) in [5.74, 6) is 0.357. The monoisotopic (exact) mass is 431 g/mol. The fourth-order valence-electron chi connectivity index (χ4n) is 3.56. The molecular weight excluding hydrogens is 398 g/mol. The molecule has 0 aliphatic rings. The van der Waals surface area contributed by atoms with Crippen LogP contribution < -0.4 is 5.32 Å². The smallest absolute Gasteiger partial charge is 0.233 e. The number of aromatic nitrogens is 2. The zero-order chi connectivity index (χ0) is 22.1. The van der Waals surface area contributed by atoms with E-state index in [4.69, 9.17) is 5.11 Å². The molecule has 0 aliphatic carbocycles. The fraction of sp³-hybridized carbons (Fsp3) is 0.522. The summed E-state index contributed by atoms with van der Waals surface area (Å²) in [7, 11) is -1.06. The van der Waals surface area contributed by atoms with E-state index in [1.807, 2.05) is 25.1 Å². The Kier molecular flexibility index (Phi) is 9.59. The van der Waals surface area contributed by atoms with Gasteiger partial charge < -0.3 is 10.4 Å². The summed E-state index contributed by atoms with van der Waals surface area (Å²) in [4.78, 5) is 22.5.